The fourth-order valence-electron chi connectivity index (χ4n) is 1.98. The van der Waals surface area contributed by atoms with E-state index in [0.29, 0.717) is 5.58 Å². The first-order chi connectivity index (χ1) is 9.26. The summed E-state index contributed by atoms with van der Waals surface area (Å²) in [5.74, 6) is -0.246. The van der Waals surface area contributed by atoms with Crippen LogP contribution >= 0.6 is 0 Å². The van der Waals surface area contributed by atoms with Gasteiger partial charge in [0.1, 0.15) is 5.58 Å². The molecular weight excluding hydrogens is 244 g/mol. The van der Waals surface area contributed by atoms with E-state index in [9.17, 15) is 4.79 Å². The van der Waals surface area contributed by atoms with E-state index in [1.54, 1.807) is 18.6 Å². The zero-order chi connectivity index (χ0) is 13.2. The first-order valence-corrected chi connectivity index (χ1v) is 5.83. The number of furan rings is 1. The largest absolute Gasteiger partial charge is 0.463 e. The van der Waals surface area contributed by atoms with Crippen LogP contribution in [0.25, 0.3) is 11.0 Å². The minimum Gasteiger partial charge on any atom is -0.463 e. The minimum absolute atomic E-state index is 0.220. The Kier molecular flexibility index (Phi) is 2.79. The van der Waals surface area contributed by atoms with Crippen molar-refractivity contribution in [3.05, 3.63) is 54.3 Å². The Bertz CT molecular complexity index is 713. The number of aromatic nitrogens is 2. The molecule has 0 amide bonds. The molecule has 5 nitrogen and oxygen atoms in total. The third kappa shape index (κ3) is 2.22. The maximum absolute atomic E-state index is 11.4. The Morgan fingerprint density at radius 2 is 2.32 bits per heavy atom. The Morgan fingerprint density at radius 3 is 3.05 bits per heavy atom. The van der Waals surface area contributed by atoms with E-state index in [2.05, 4.69) is 9.72 Å². The van der Waals surface area contributed by atoms with Gasteiger partial charge in [-0.25, -0.2) is 9.78 Å². The van der Waals surface area contributed by atoms with Crippen LogP contribution in [0.2, 0.25) is 0 Å². The first-order valence-electron chi connectivity index (χ1n) is 5.83. The molecule has 2 heterocycles. The predicted molar refractivity (Wildman–Crippen MR) is 68.9 cm³/mol. The molecule has 0 N–H and O–H groups in total. The zero-order valence-electron chi connectivity index (χ0n) is 10.4. The van der Waals surface area contributed by atoms with Gasteiger partial charge in [0.2, 0.25) is 5.76 Å². The van der Waals surface area contributed by atoms with Gasteiger partial charge in [-0.3, -0.25) is 0 Å². The Hall–Kier alpha value is -2.56. The van der Waals surface area contributed by atoms with Gasteiger partial charge in [0, 0.05) is 24.3 Å². The average Bonchev–Trinajstić information content (AvgIpc) is 3.06. The molecule has 0 saturated carbocycles. The van der Waals surface area contributed by atoms with Crippen molar-refractivity contribution in [3.63, 3.8) is 0 Å². The van der Waals surface area contributed by atoms with Crippen molar-refractivity contribution in [2.45, 2.75) is 6.54 Å². The molecule has 0 aliphatic rings. The topological polar surface area (TPSA) is 57.3 Å². The second-order valence-electron chi connectivity index (χ2n) is 4.21. The quantitative estimate of drug-likeness (QED) is 0.675. The summed E-state index contributed by atoms with van der Waals surface area (Å²) in [6, 6.07) is 7.50. The van der Waals surface area contributed by atoms with E-state index in [1.807, 2.05) is 29.0 Å². The fourth-order valence-corrected chi connectivity index (χ4v) is 1.98. The molecule has 0 saturated heterocycles. The van der Waals surface area contributed by atoms with Crippen LogP contribution in [0.15, 0.2) is 47.4 Å². The third-order valence-corrected chi connectivity index (χ3v) is 2.89. The SMILES string of the molecule is COC(=O)c1cc2cc(Cn3ccnc3)ccc2o1. The van der Waals surface area contributed by atoms with Crippen molar-refractivity contribution in [2.24, 2.45) is 0 Å². The molecule has 2 aromatic heterocycles. The molecular formula is C14H12N2O3. The molecule has 0 fully saturated rings. The summed E-state index contributed by atoms with van der Waals surface area (Å²) < 4.78 is 12.0. The molecule has 96 valence electrons. The highest BCUT2D eigenvalue weighted by Gasteiger charge is 2.12. The summed E-state index contributed by atoms with van der Waals surface area (Å²) in [6.07, 6.45) is 5.41. The van der Waals surface area contributed by atoms with Crippen LogP contribution in [0.4, 0.5) is 0 Å². The van der Waals surface area contributed by atoms with E-state index in [1.165, 1.54) is 7.11 Å². The summed E-state index contributed by atoms with van der Waals surface area (Å²) >= 11 is 0. The monoisotopic (exact) mass is 256 g/mol. The molecule has 0 radical (unpaired) electrons. The molecule has 5 heteroatoms. The number of benzene rings is 1. The number of carbonyl (C=O) groups excluding carboxylic acids is 1. The van der Waals surface area contributed by atoms with Crippen molar-refractivity contribution >= 4 is 16.9 Å². The molecule has 0 unspecified atom stereocenters. The number of rotatable bonds is 3. The minimum atomic E-state index is -0.465. The van der Waals surface area contributed by atoms with E-state index < -0.39 is 5.97 Å². The maximum atomic E-state index is 11.4. The first kappa shape index (κ1) is 11.5. The lowest BCUT2D eigenvalue weighted by molar-refractivity contribution is 0.0567. The highest BCUT2D eigenvalue weighted by atomic mass is 16.5. The van der Waals surface area contributed by atoms with Gasteiger partial charge in [-0.15, -0.1) is 0 Å². The second-order valence-corrected chi connectivity index (χ2v) is 4.21. The smallest absolute Gasteiger partial charge is 0.373 e. The molecule has 19 heavy (non-hydrogen) atoms. The van der Waals surface area contributed by atoms with Crippen molar-refractivity contribution in [3.8, 4) is 0 Å². The summed E-state index contributed by atoms with van der Waals surface area (Å²) in [7, 11) is 1.33. The van der Waals surface area contributed by atoms with Crippen LogP contribution in [0.3, 0.4) is 0 Å². The van der Waals surface area contributed by atoms with Crippen molar-refractivity contribution in [2.75, 3.05) is 7.11 Å². The number of methoxy groups -OCH3 is 1. The lowest BCUT2D eigenvalue weighted by atomic mass is 10.1. The number of ether oxygens (including phenoxy) is 1. The number of fused-ring (bicyclic) bond motifs is 1. The third-order valence-electron chi connectivity index (χ3n) is 2.89. The molecule has 3 rings (SSSR count). The number of esters is 1. The Morgan fingerprint density at radius 1 is 1.42 bits per heavy atom. The summed E-state index contributed by atoms with van der Waals surface area (Å²) in [6.45, 7) is 0.731. The number of hydrogen-bond donors (Lipinski definition) is 0. The Balaban J connectivity index is 1.94. The molecule has 0 atom stereocenters. The van der Waals surface area contributed by atoms with Crippen LogP contribution in [-0.2, 0) is 11.3 Å². The van der Waals surface area contributed by atoms with Crippen LogP contribution in [0, 0.1) is 0 Å². The standard InChI is InChI=1S/C14H12N2O3/c1-18-14(17)13-7-11-6-10(2-3-12(11)19-13)8-16-5-4-15-9-16/h2-7,9H,8H2,1H3. The number of nitrogens with zero attached hydrogens (tertiary/aromatic N) is 2. The number of hydrogen-bond acceptors (Lipinski definition) is 4. The van der Waals surface area contributed by atoms with Crippen molar-refractivity contribution < 1.29 is 13.9 Å². The second kappa shape index (κ2) is 4.61. The fraction of sp³-hybridized carbons (Fsp3) is 0.143. The summed E-state index contributed by atoms with van der Waals surface area (Å²) in [4.78, 5) is 15.4. The number of imidazole rings is 1. The van der Waals surface area contributed by atoms with Crippen LogP contribution in [0.1, 0.15) is 16.1 Å². The molecule has 0 aliphatic carbocycles. The van der Waals surface area contributed by atoms with Crippen LogP contribution < -0.4 is 0 Å². The van der Waals surface area contributed by atoms with Gasteiger partial charge in [-0.1, -0.05) is 6.07 Å². The molecule has 1 aromatic carbocycles. The van der Waals surface area contributed by atoms with E-state index in [-0.39, 0.29) is 5.76 Å². The van der Waals surface area contributed by atoms with E-state index in [0.717, 1.165) is 17.5 Å². The van der Waals surface area contributed by atoms with Crippen LogP contribution in [-0.4, -0.2) is 22.6 Å². The van der Waals surface area contributed by atoms with Crippen molar-refractivity contribution in [1.82, 2.24) is 9.55 Å². The molecule has 0 spiro atoms. The summed E-state index contributed by atoms with van der Waals surface area (Å²) in [5, 5.41) is 0.887. The molecule has 0 bridgehead atoms. The lowest BCUT2D eigenvalue weighted by Gasteiger charge is -2.01. The maximum Gasteiger partial charge on any atom is 0.373 e. The average molecular weight is 256 g/mol. The van der Waals surface area contributed by atoms with Gasteiger partial charge in [0.05, 0.1) is 13.4 Å². The molecule has 0 aliphatic heterocycles. The predicted octanol–water partition coefficient (Wildman–Crippen LogP) is 2.46. The van der Waals surface area contributed by atoms with Gasteiger partial charge in [0.15, 0.2) is 0 Å². The van der Waals surface area contributed by atoms with E-state index >= 15 is 0 Å². The van der Waals surface area contributed by atoms with Gasteiger partial charge >= 0.3 is 5.97 Å². The van der Waals surface area contributed by atoms with Crippen LogP contribution in [0.5, 0.6) is 0 Å². The lowest BCUT2D eigenvalue weighted by Crippen LogP contribution is -1.97. The van der Waals surface area contributed by atoms with E-state index in [4.69, 9.17) is 4.42 Å². The van der Waals surface area contributed by atoms with Crippen molar-refractivity contribution in [1.29, 1.82) is 0 Å². The highest BCUT2D eigenvalue weighted by Crippen LogP contribution is 2.21. The van der Waals surface area contributed by atoms with Gasteiger partial charge in [-0.05, 0) is 23.8 Å². The van der Waals surface area contributed by atoms with Gasteiger partial charge in [-0.2, -0.15) is 0 Å². The highest BCUT2D eigenvalue weighted by molar-refractivity contribution is 5.92. The molecule has 3 aromatic rings. The normalized spacial score (nSPS) is 10.8. The zero-order valence-corrected chi connectivity index (χ0v) is 10.4. The number of carbonyl (C=O) groups is 1. The van der Waals surface area contributed by atoms with Gasteiger partial charge < -0.3 is 13.7 Å². The summed E-state index contributed by atoms with van der Waals surface area (Å²) in [5.41, 5.74) is 1.79. The Labute approximate surface area is 109 Å². The van der Waals surface area contributed by atoms with Gasteiger partial charge in [0.25, 0.3) is 0 Å².